The summed E-state index contributed by atoms with van der Waals surface area (Å²) in [6.45, 7) is 0. The molecular weight excluding hydrogens is 386 g/mol. The van der Waals surface area contributed by atoms with Crippen molar-refractivity contribution in [3.8, 4) is 5.75 Å². The highest BCUT2D eigenvalue weighted by Crippen LogP contribution is 2.26. The van der Waals surface area contributed by atoms with Gasteiger partial charge in [-0.25, -0.2) is 0 Å². The highest BCUT2D eigenvalue weighted by atomic mass is 79.9. The standard InChI is InChI=1S/C15H13Br2NO2/c1-20-15-5-3-10(16)6-9(15)7-14(19)12-8-11(17)2-4-13(12)18/h2-6,8H,7,18H2,1H3. The predicted molar refractivity (Wildman–Crippen MR) is 87.3 cm³/mol. The third kappa shape index (κ3) is 3.41. The van der Waals surface area contributed by atoms with E-state index in [9.17, 15) is 4.79 Å². The molecule has 3 nitrogen and oxygen atoms in total. The van der Waals surface area contributed by atoms with Crippen LogP contribution in [0.25, 0.3) is 0 Å². The van der Waals surface area contributed by atoms with Gasteiger partial charge in [0.2, 0.25) is 0 Å². The van der Waals surface area contributed by atoms with Gasteiger partial charge in [0.05, 0.1) is 7.11 Å². The van der Waals surface area contributed by atoms with Gasteiger partial charge < -0.3 is 10.5 Å². The number of ketones is 1. The van der Waals surface area contributed by atoms with Crippen molar-refractivity contribution >= 4 is 43.3 Å². The van der Waals surface area contributed by atoms with E-state index in [2.05, 4.69) is 31.9 Å². The Morgan fingerprint density at radius 2 is 1.80 bits per heavy atom. The van der Waals surface area contributed by atoms with Gasteiger partial charge in [-0.2, -0.15) is 0 Å². The van der Waals surface area contributed by atoms with E-state index in [0.29, 0.717) is 17.0 Å². The van der Waals surface area contributed by atoms with E-state index in [0.717, 1.165) is 14.5 Å². The molecule has 0 saturated carbocycles. The van der Waals surface area contributed by atoms with E-state index in [4.69, 9.17) is 10.5 Å². The fourth-order valence-corrected chi connectivity index (χ4v) is 2.69. The normalized spacial score (nSPS) is 10.3. The van der Waals surface area contributed by atoms with E-state index >= 15 is 0 Å². The van der Waals surface area contributed by atoms with Crippen LogP contribution in [-0.2, 0) is 6.42 Å². The maximum Gasteiger partial charge on any atom is 0.169 e. The Morgan fingerprint density at radius 3 is 2.50 bits per heavy atom. The maximum absolute atomic E-state index is 12.4. The van der Waals surface area contributed by atoms with Crippen LogP contribution in [0.15, 0.2) is 45.3 Å². The summed E-state index contributed by atoms with van der Waals surface area (Å²) in [7, 11) is 1.59. The molecule has 0 heterocycles. The summed E-state index contributed by atoms with van der Waals surface area (Å²) < 4.78 is 7.01. The van der Waals surface area contributed by atoms with Gasteiger partial charge in [0.1, 0.15) is 5.75 Å². The topological polar surface area (TPSA) is 52.3 Å². The molecule has 0 radical (unpaired) electrons. The van der Waals surface area contributed by atoms with Crippen molar-refractivity contribution < 1.29 is 9.53 Å². The highest BCUT2D eigenvalue weighted by molar-refractivity contribution is 9.10. The van der Waals surface area contributed by atoms with Crippen molar-refractivity contribution in [1.29, 1.82) is 0 Å². The molecule has 0 atom stereocenters. The van der Waals surface area contributed by atoms with E-state index in [1.54, 1.807) is 19.2 Å². The molecule has 20 heavy (non-hydrogen) atoms. The van der Waals surface area contributed by atoms with Crippen molar-refractivity contribution in [2.24, 2.45) is 0 Å². The molecule has 2 N–H and O–H groups in total. The lowest BCUT2D eigenvalue weighted by Crippen LogP contribution is -2.08. The van der Waals surface area contributed by atoms with E-state index < -0.39 is 0 Å². The van der Waals surface area contributed by atoms with E-state index in [-0.39, 0.29) is 12.2 Å². The second kappa shape index (κ2) is 6.41. The van der Waals surface area contributed by atoms with Crippen LogP contribution in [0.4, 0.5) is 5.69 Å². The Bertz CT molecular complexity index is 656. The van der Waals surface area contributed by atoms with E-state index in [1.165, 1.54) is 0 Å². The quantitative estimate of drug-likeness (QED) is 0.619. The van der Waals surface area contributed by atoms with Crippen LogP contribution in [0.3, 0.4) is 0 Å². The zero-order chi connectivity index (χ0) is 14.7. The van der Waals surface area contributed by atoms with Crippen LogP contribution >= 0.6 is 31.9 Å². The molecule has 0 spiro atoms. The number of ether oxygens (including phenoxy) is 1. The number of hydrogen-bond donors (Lipinski definition) is 1. The minimum absolute atomic E-state index is 0.0415. The van der Waals surface area contributed by atoms with Gasteiger partial charge in [-0.3, -0.25) is 4.79 Å². The van der Waals surface area contributed by atoms with Crippen molar-refractivity contribution in [1.82, 2.24) is 0 Å². The minimum atomic E-state index is -0.0415. The second-order valence-corrected chi connectivity index (χ2v) is 6.12. The number of benzene rings is 2. The maximum atomic E-state index is 12.4. The van der Waals surface area contributed by atoms with Gasteiger partial charge in [-0.05, 0) is 36.4 Å². The molecule has 0 aromatic heterocycles. The molecule has 0 saturated heterocycles. The number of methoxy groups -OCH3 is 1. The summed E-state index contributed by atoms with van der Waals surface area (Å²) >= 11 is 6.75. The Hall–Kier alpha value is -1.33. The first-order valence-electron chi connectivity index (χ1n) is 5.92. The molecule has 0 aliphatic heterocycles. The molecule has 2 aromatic rings. The molecule has 5 heteroatoms. The molecule has 0 aliphatic carbocycles. The molecule has 0 bridgehead atoms. The number of hydrogen-bond acceptors (Lipinski definition) is 3. The molecule has 2 rings (SSSR count). The summed E-state index contributed by atoms with van der Waals surface area (Å²) in [6, 6.07) is 10.9. The number of carbonyl (C=O) groups excluding carboxylic acids is 1. The van der Waals surface area contributed by atoms with Gasteiger partial charge >= 0.3 is 0 Å². The fraction of sp³-hybridized carbons (Fsp3) is 0.133. The second-order valence-electron chi connectivity index (χ2n) is 4.29. The van der Waals surface area contributed by atoms with Gasteiger partial charge in [-0.1, -0.05) is 31.9 Å². The Balaban J connectivity index is 2.32. The Kier molecular flexibility index (Phi) is 4.83. The molecule has 0 fully saturated rings. The number of rotatable bonds is 4. The number of anilines is 1. The predicted octanol–water partition coefficient (Wildman–Crippen LogP) is 4.23. The van der Waals surface area contributed by atoms with Crippen LogP contribution < -0.4 is 10.5 Å². The number of nitrogen functional groups attached to an aromatic ring is 1. The van der Waals surface area contributed by atoms with Crippen molar-refractivity contribution in [3.63, 3.8) is 0 Å². The number of carbonyl (C=O) groups is 1. The number of Topliss-reactive ketones (excluding diaryl/α,β-unsaturated/α-hetero) is 1. The largest absolute Gasteiger partial charge is 0.496 e. The SMILES string of the molecule is COc1ccc(Br)cc1CC(=O)c1cc(Br)ccc1N. The molecule has 0 amide bonds. The fourth-order valence-electron chi connectivity index (χ4n) is 1.92. The molecule has 0 aliphatic rings. The molecular formula is C15H13Br2NO2. The zero-order valence-corrected chi connectivity index (χ0v) is 14.0. The van der Waals surface area contributed by atoms with Crippen LogP contribution in [0.5, 0.6) is 5.75 Å². The van der Waals surface area contributed by atoms with Gasteiger partial charge in [0.15, 0.2) is 5.78 Å². The number of halogens is 2. The highest BCUT2D eigenvalue weighted by Gasteiger charge is 2.14. The minimum Gasteiger partial charge on any atom is -0.496 e. The first-order chi connectivity index (χ1) is 9.51. The summed E-state index contributed by atoms with van der Waals surface area (Å²) in [5.41, 5.74) is 7.68. The Morgan fingerprint density at radius 1 is 1.15 bits per heavy atom. The van der Waals surface area contributed by atoms with E-state index in [1.807, 2.05) is 24.3 Å². The lowest BCUT2D eigenvalue weighted by atomic mass is 10.0. The van der Waals surface area contributed by atoms with Crippen LogP contribution in [0.2, 0.25) is 0 Å². The average molecular weight is 399 g/mol. The van der Waals surface area contributed by atoms with Crippen molar-refractivity contribution in [3.05, 3.63) is 56.5 Å². The monoisotopic (exact) mass is 397 g/mol. The average Bonchev–Trinajstić information content (AvgIpc) is 2.41. The van der Waals surface area contributed by atoms with Crippen LogP contribution in [0.1, 0.15) is 15.9 Å². The lowest BCUT2D eigenvalue weighted by molar-refractivity contribution is 0.0993. The van der Waals surface area contributed by atoms with Gasteiger partial charge in [-0.15, -0.1) is 0 Å². The summed E-state index contributed by atoms with van der Waals surface area (Å²) in [5.74, 6) is 0.648. The summed E-state index contributed by atoms with van der Waals surface area (Å²) in [6.07, 6.45) is 0.239. The molecule has 0 unspecified atom stereocenters. The van der Waals surface area contributed by atoms with Crippen LogP contribution in [-0.4, -0.2) is 12.9 Å². The van der Waals surface area contributed by atoms with Crippen molar-refractivity contribution in [2.45, 2.75) is 6.42 Å². The zero-order valence-electron chi connectivity index (χ0n) is 10.8. The summed E-state index contributed by atoms with van der Waals surface area (Å²) in [4.78, 5) is 12.4. The molecule has 2 aromatic carbocycles. The smallest absolute Gasteiger partial charge is 0.169 e. The third-order valence-corrected chi connectivity index (χ3v) is 3.90. The van der Waals surface area contributed by atoms with Crippen LogP contribution in [0, 0.1) is 0 Å². The molecule has 104 valence electrons. The Labute approximate surface area is 134 Å². The number of nitrogens with two attached hydrogens (primary N) is 1. The first-order valence-corrected chi connectivity index (χ1v) is 7.50. The van der Waals surface area contributed by atoms with Crippen molar-refractivity contribution in [2.75, 3.05) is 12.8 Å². The summed E-state index contributed by atoms with van der Waals surface area (Å²) in [5, 5.41) is 0. The van der Waals surface area contributed by atoms with Gasteiger partial charge in [0.25, 0.3) is 0 Å². The van der Waals surface area contributed by atoms with Gasteiger partial charge in [0, 0.05) is 32.2 Å². The first kappa shape index (κ1) is 15.1. The third-order valence-electron chi connectivity index (χ3n) is 2.91. The lowest BCUT2D eigenvalue weighted by Gasteiger charge is -2.10.